The average Bonchev–Trinajstić information content (AvgIpc) is 2.48. The molecule has 1 aromatic rings. The Morgan fingerprint density at radius 2 is 2.25 bits per heavy atom. The Bertz CT molecular complexity index is 442. The summed E-state index contributed by atoms with van der Waals surface area (Å²) >= 11 is 0. The maximum absolute atomic E-state index is 13.6. The molecule has 0 amide bonds. The minimum Gasteiger partial charge on any atom is -0.380 e. The van der Waals surface area contributed by atoms with Crippen LogP contribution in [0.15, 0.2) is 18.2 Å². The van der Waals surface area contributed by atoms with Crippen molar-refractivity contribution < 1.29 is 13.5 Å². The van der Waals surface area contributed by atoms with E-state index in [1.807, 2.05) is 0 Å². The van der Waals surface area contributed by atoms with Crippen LogP contribution in [0, 0.1) is 11.6 Å². The Kier molecular flexibility index (Phi) is 5.46. The van der Waals surface area contributed by atoms with E-state index in [1.165, 1.54) is 6.07 Å². The SMILES string of the molecule is COC1CCCN(CCC(N)c2cccc(F)c2F)C1. The molecule has 0 bridgehead atoms. The summed E-state index contributed by atoms with van der Waals surface area (Å²) in [5.74, 6) is -1.66. The van der Waals surface area contributed by atoms with E-state index >= 15 is 0 Å². The van der Waals surface area contributed by atoms with Crippen LogP contribution in [0.4, 0.5) is 8.78 Å². The van der Waals surface area contributed by atoms with Gasteiger partial charge in [0, 0.05) is 31.8 Å². The molecule has 0 spiro atoms. The molecule has 2 N–H and O–H groups in total. The number of benzene rings is 1. The Morgan fingerprint density at radius 3 is 3.00 bits per heavy atom. The topological polar surface area (TPSA) is 38.5 Å². The van der Waals surface area contributed by atoms with E-state index < -0.39 is 17.7 Å². The molecule has 0 saturated carbocycles. The number of piperidine rings is 1. The first-order valence-corrected chi connectivity index (χ1v) is 7.06. The van der Waals surface area contributed by atoms with Crippen molar-refractivity contribution in [3.63, 3.8) is 0 Å². The lowest BCUT2D eigenvalue weighted by atomic mass is 10.0. The van der Waals surface area contributed by atoms with Crippen LogP contribution in [0.1, 0.15) is 30.9 Å². The van der Waals surface area contributed by atoms with Crippen molar-refractivity contribution in [2.24, 2.45) is 5.73 Å². The van der Waals surface area contributed by atoms with Crippen LogP contribution in [0.5, 0.6) is 0 Å². The van der Waals surface area contributed by atoms with Crippen molar-refractivity contribution in [3.05, 3.63) is 35.4 Å². The first-order chi connectivity index (χ1) is 9.61. The summed E-state index contributed by atoms with van der Waals surface area (Å²) in [5, 5.41) is 0. The number of hydrogen-bond donors (Lipinski definition) is 1. The highest BCUT2D eigenvalue weighted by atomic mass is 19.2. The van der Waals surface area contributed by atoms with E-state index in [9.17, 15) is 8.78 Å². The van der Waals surface area contributed by atoms with Gasteiger partial charge >= 0.3 is 0 Å². The van der Waals surface area contributed by atoms with Gasteiger partial charge in [0.1, 0.15) is 0 Å². The molecule has 2 unspecified atom stereocenters. The fourth-order valence-electron chi connectivity index (χ4n) is 2.69. The molecule has 0 aliphatic carbocycles. The summed E-state index contributed by atoms with van der Waals surface area (Å²) in [5.41, 5.74) is 6.24. The number of likely N-dealkylation sites (tertiary alicyclic amines) is 1. The number of nitrogens with two attached hydrogens (primary N) is 1. The van der Waals surface area contributed by atoms with Crippen molar-refractivity contribution in [1.82, 2.24) is 4.90 Å². The van der Waals surface area contributed by atoms with Crippen LogP contribution in [0.25, 0.3) is 0 Å². The van der Waals surface area contributed by atoms with Crippen LogP contribution < -0.4 is 5.73 Å². The van der Waals surface area contributed by atoms with Gasteiger partial charge in [-0.3, -0.25) is 0 Å². The number of halogens is 2. The minimum atomic E-state index is -0.838. The molecule has 1 heterocycles. The summed E-state index contributed by atoms with van der Waals surface area (Å²) in [6.45, 7) is 2.67. The Balaban J connectivity index is 1.88. The van der Waals surface area contributed by atoms with Crippen LogP contribution >= 0.6 is 0 Å². The number of methoxy groups -OCH3 is 1. The number of nitrogens with zero attached hydrogens (tertiary/aromatic N) is 1. The zero-order valence-corrected chi connectivity index (χ0v) is 11.8. The second-order valence-corrected chi connectivity index (χ2v) is 5.34. The van der Waals surface area contributed by atoms with Gasteiger partial charge in [0.05, 0.1) is 6.10 Å². The van der Waals surface area contributed by atoms with Crippen molar-refractivity contribution in [2.45, 2.75) is 31.4 Å². The molecule has 1 aliphatic heterocycles. The van der Waals surface area contributed by atoms with E-state index in [2.05, 4.69) is 4.90 Å². The van der Waals surface area contributed by atoms with Gasteiger partial charge in [0.25, 0.3) is 0 Å². The monoisotopic (exact) mass is 284 g/mol. The Hall–Kier alpha value is -1.04. The lowest BCUT2D eigenvalue weighted by molar-refractivity contribution is 0.0304. The van der Waals surface area contributed by atoms with E-state index in [-0.39, 0.29) is 11.7 Å². The average molecular weight is 284 g/mol. The zero-order chi connectivity index (χ0) is 14.5. The molecule has 0 aromatic heterocycles. The summed E-state index contributed by atoms with van der Waals surface area (Å²) in [6, 6.07) is 3.68. The first-order valence-electron chi connectivity index (χ1n) is 7.06. The maximum Gasteiger partial charge on any atom is 0.163 e. The second kappa shape index (κ2) is 7.11. The summed E-state index contributed by atoms with van der Waals surface area (Å²) < 4.78 is 32.2. The van der Waals surface area contributed by atoms with Crippen LogP contribution in [0.3, 0.4) is 0 Å². The lowest BCUT2D eigenvalue weighted by Crippen LogP contribution is -2.40. The Labute approximate surface area is 118 Å². The lowest BCUT2D eigenvalue weighted by Gasteiger charge is -2.32. The molecule has 1 fully saturated rings. The van der Waals surface area contributed by atoms with E-state index in [4.69, 9.17) is 10.5 Å². The van der Waals surface area contributed by atoms with Gasteiger partial charge in [-0.15, -0.1) is 0 Å². The normalized spacial score (nSPS) is 21.9. The fraction of sp³-hybridized carbons (Fsp3) is 0.600. The third-order valence-corrected chi connectivity index (χ3v) is 3.93. The zero-order valence-electron chi connectivity index (χ0n) is 11.8. The fourth-order valence-corrected chi connectivity index (χ4v) is 2.69. The highest BCUT2D eigenvalue weighted by Gasteiger charge is 2.21. The molecule has 1 saturated heterocycles. The molecular formula is C15H22F2N2O. The van der Waals surface area contributed by atoms with Gasteiger partial charge in [0.15, 0.2) is 11.6 Å². The first kappa shape index (κ1) is 15.4. The predicted octanol–water partition coefficient (Wildman–Crippen LogP) is 2.47. The highest BCUT2D eigenvalue weighted by Crippen LogP contribution is 2.21. The number of rotatable bonds is 5. The van der Waals surface area contributed by atoms with Crippen molar-refractivity contribution in [2.75, 3.05) is 26.7 Å². The standard InChI is InChI=1S/C15H22F2N2O/c1-20-11-4-3-8-19(10-11)9-7-14(18)12-5-2-6-13(16)15(12)17/h2,5-6,11,14H,3-4,7-10,18H2,1H3. The van der Waals surface area contributed by atoms with Crippen molar-refractivity contribution >= 4 is 0 Å². The quantitative estimate of drug-likeness (QED) is 0.902. The van der Waals surface area contributed by atoms with Gasteiger partial charge in [0.2, 0.25) is 0 Å². The molecule has 112 valence electrons. The van der Waals surface area contributed by atoms with Gasteiger partial charge < -0.3 is 15.4 Å². The molecule has 20 heavy (non-hydrogen) atoms. The van der Waals surface area contributed by atoms with Gasteiger partial charge in [-0.25, -0.2) is 8.78 Å². The molecule has 1 aromatic carbocycles. The highest BCUT2D eigenvalue weighted by molar-refractivity contribution is 5.22. The van der Waals surface area contributed by atoms with Crippen LogP contribution in [-0.4, -0.2) is 37.7 Å². The summed E-state index contributed by atoms with van der Waals surface area (Å²) in [4.78, 5) is 2.27. The van der Waals surface area contributed by atoms with E-state index in [0.717, 1.165) is 38.5 Å². The Morgan fingerprint density at radius 1 is 1.45 bits per heavy atom. The largest absolute Gasteiger partial charge is 0.380 e. The van der Waals surface area contributed by atoms with E-state index in [0.29, 0.717) is 6.42 Å². The summed E-state index contributed by atoms with van der Waals surface area (Å²) in [7, 11) is 1.72. The second-order valence-electron chi connectivity index (χ2n) is 5.34. The van der Waals surface area contributed by atoms with Crippen molar-refractivity contribution in [3.8, 4) is 0 Å². The predicted molar refractivity (Wildman–Crippen MR) is 74.4 cm³/mol. The third-order valence-electron chi connectivity index (χ3n) is 3.93. The van der Waals surface area contributed by atoms with Gasteiger partial charge in [-0.2, -0.15) is 0 Å². The third kappa shape index (κ3) is 3.75. The molecule has 2 rings (SSSR count). The summed E-state index contributed by atoms with van der Waals surface area (Å²) in [6.07, 6.45) is 3.06. The number of hydrogen-bond acceptors (Lipinski definition) is 3. The maximum atomic E-state index is 13.6. The smallest absolute Gasteiger partial charge is 0.163 e. The molecule has 0 radical (unpaired) electrons. The van der Waals surface area contributed by atoms with E-state index in [1.54, 1.807) is 13.2 Å². The van der Waals surface area contributed by atoms with Gasteiger partial charge in [-0.05, 0) is 31.9 Å². The molecule has 1 aliphatic rings. The van der Waals surface area contributed by atoms with Crippen LogP contribution in [0.2, 0.25) is 0 Å². The van der Waals surface area contributed by atoms with Crippen LogP contribution in [-0.2, 0) is 4.74 Å². The molecular weight excluding hydrogens is 262 g/mol. The molecule has 5 heteroatoms. The molecule has 2 atom stereocenters. The minimum absolute atomic E-state index is 0.255. The van der Waals surface area contributed by atoms with Gasteiger partial charge in [-0.1, -0.05) is 12.1 Å². The molecule has 3 nitrogen and oxygen atoms in total. The van der Waals surface area contributed by atoms with Crippen molar-refractivity contribution in [1.29, 1.82) is 0 Å². The number of ether oxygens (including phenoxy) is 1.